The molecule has 0 saturated heterocycles. The molecule has 0 saturated carbocycles. The van der Waals surface area contributed by atoms with E-state index < -0.39 is 4.33 Å². The minimum absolute atomic E-state index is 0.731. The lowest BCUT2D eigenvalue weighted by molar-refractivity contribution is 1.10. The summed E-state index contributed by atoms with van der Waals surface area (Å²) in [6.45, 7) is 4.33. The summed E-state index contributed by atoms with van der Waals surface area (Å²) in [4.78, 5) is 3.85. The van der Waals surface area contributed by atoms with Crippen molar-refractivity contribution >= 4 is 29.4 Å². The predicted octanol–water partition coefficient (Wildman–Crippen LogP) is 2.27. The number of nitrogens with zero attached hydrogens (tertiary/aromatic N) is 1. The Morgan fingerprint density at radius 1 is 1.62 bits per heavy atom. The maximum absolute atomic E-state index is 5.53. The first-order chi connectivity index (χ1) is 3.56. The first-order valence-electron chi connectivity index (χ1n) is 2.45. The Kier molecular flexibility index (Phi) is 3.41. The minimum Gasteiger partial charge on any atom is -0.295 e. The van der Waals surface area contributed by atoms with Crippen molar-refractivity contribution in [3.63, 3.8) is 0 Å². The molecule has 0 bridgehead atoms. The van der Waals surface area contributed by atoms with Crippen molar-refractivity contribution < 1.29 is 0 Å². The van der Waals surface area contributed by atoms with E-state index in [1.54, 1.807) is 6.92 Å². The molecule has 0 fully saturated rings. The van der Waals surface area contributed by atoms with Crippen molar-refractivity contribution in [2.75, 3.05) is 6.54 Å². The lowest BCUT2D eigenvalue weighted by Gasteiger charge is -2.02. The molecule has 48 valence electrons. The quantitative estimate of drug-likeness (QED) is 0.427. The molecule has 0 amide bonds. The van der Waals surface area contributed by atoms with Gasteiger partial charge in [-0.3, -0.25) is 4.99 Å². The molecule has 1 nitrogen and oxygen atoms in total. The van der Waals surface area contributed by atoms with Gasteiger partial charge in [-0.1, -0.05) is 23.2 Å². The number of alkyl halides is 2. The molecule has 0 rings (SSSR count). The summed E-state index contributed by atoms with van der Waals surface area (Å²) in [6, 6.07) is 0. The van der Waals surface area contributed by atoms with E-state index in [1.165, 1.54) is 6.21 Å². The van der Waals surface area contributed by atoms with Crippen LogP contribution in [0.1, 0.15) is 13.8 Å². The molecule has 0 radical (unpaired) electrons. The summed E-state index contributed by atoms with van der Waals surface area (Å²) in [7, 11) is 0. The van der Waals surface area contributed by atoms with Crippen LogP contribution in [0.4, 0.5) is 0 Å². The normalized spacial score (nSPS) is 13.0. The molecule has 0 atom stereocenters. The Bertz CT molecular complexity index is 82.9. The van der Waals surface area contributed by atoms with Gasteiger partial charge in [0.1, 0.15) is 4.33 Å². The molecule has 0 heterocycles. The Morgan fingerprint density at radius 3 is 2.25 bits per heavy atom. The van der Waals surface area contributed by atoms with E-state index >= 15 is 0 Å². The average molecular weight is 154 g/mol. The van der Waals surface area contributed by atoms with Crippen molar-refractivity contribution in [2.24, 2.45) is 4.99 Å². The fraction of sp³-hybridized carbons (Fsp3) is 0.800. The maximum Gasteiger partial charge on any atom is 0.149 e. The number of halogens is 2. The fourth-order valence-electron chi connectivity index (χ4n) is 0.252. The van der Waals surface area contributed by atoms with Crippen LogP contribution in [0.3, 0.4) is 0 Å². The molecule has 0 aliphatic heterocycles. The summed E-state index contributed by atoms with van der Waals surface area (Å²) in [6.07, 6.45) is 1.52. The average Bonchev–Trinajstić information content (AvgIpc) is 1.59. The molecule has 0 aliphatic carbocycles. The highest BCUT2D eigenvalue weighted by atomic mass is 35.5. The Morgan fingerprint density at radius 2 is 2.12 bits per heavy atom. The van der Waals surface area contributed by atoms with Gasteiger partial charge in [0.2, 0.25) is 0 Å². The lowest BCUT2D eigenvalue weighted by atomic mass is 10.5. The van der Waals surface area contributed by atoms with Gasteiger partial charge in [-0.25, -0.2) is 0 Å². The molecular formula is C5H9Cl2N. The van der Waals surface area contributed by atoms with Crippen LogP contribution in [-0.4, -0.2) is 17.1 Å². The van der Waals surface area contributed by atoms with Crippen LogP contribution in [0.2, 0.25) is 0 Å². The van der Waals surface area contributed by atoms with Crippen LogP contribution in [0.15, 0.2) is 4.99 Å². The van der Waals surface area contributed by atoms with Crippen molar-refractivity contribution in [1.29, 1.82) is 0 Å². The molecule has 0 aliphatic rings. The minimum atomic E-state index is -0.796. The van der Waals surface area contributed by atoms with E-state index in [4.69, 9.17) is 23.2 Å². The second kappa shape index (κ2) is 3.31. The smallest absolute Gasteiger partial charge is 0.149 e. The highest BCUT2D eigenvalue weighted by Gasteiger charge is 2.10. The van der Waals surface area contributed by atoms with Gasteiger partial charge in [-0.05, 0) is 13.8 Å². The van der Waals surface area contributed by atoms with Crippen LogP contribution in [-0.2, 0) is 0 Å². The number of hydrogen-bond donors (Lipinski definition) is 0. The zero-order valence-electron chi connectivity index (χ0n) is 4.99. The molecular weight excluding hydrogens is 145 g/mol. The summed E-state index contributed by atoms with van der Waals surface area (Å²) in [5.41, 5.74) is 0. The standard InChI is InChI=1S/C5H9Cl2N/c1-3-8-4-5(2,6)7/h4H,3H2,1-2H3. The van der Waals surface area contributed by atoms with Gasteiger partial charge in [-0.2, -0.15) is 0 Å². The zero-order valence-corrected chi connectivity index (χ0v) is 6.50. The zero-order chi connectivity index (χ0) is 6.62. The summed E-state index contributed by atoms with van der Waals surface area (Å²) in [5.74, 6) is 0. The molecule has 0 N–H and O–H groups in total. The predicted molar refractivity (Wildman–Crippen MR) is 39.1 cm³/mol. The third kappa shape index (κ3) is 6.25. The number of hydrogen-bond acceptors (Lipinski definition) is 1. The highest BCUT2D eigenvalue weighted by molar-refractivity contribution is 6.55. The number of rotatable bonds is 2. The molecule has 3 heteroatoms. The van der Waals surface area contributed by atoms with E-state index in [1.807, 2.05) is 6.92 Å². The SMILES string of the molecule is CCN=CC(C)(Cl)Cl. The van der Waals surface area contributed by atoms with Crippen molar-refractivity contribution in [3.8, 4) is 0 Å². The van der Waals surface area contributed by atoms with Gasteiger partial charge >= 0.3 is 0 Å². The van der Waals surface area contributed by atoms with Gasteiger partial charge in [0.15, 0.2) is 0 Å². The second-order valence-corrected chi connectivity index (χ2v) is 3.35. The van der Waals surface area contributed by atoms with Crippen LogP contribution in [0.5, 0.6) is 0 Å². The molecule has 8 heavy (non-hydrogen) atoms. The van der Waals surface area contributed by atoms with Crippen LogP contribution < -0.4 is 0 Å². The van der Waals surface area contributed by atoms with Gasteiger partial charge < -0.3 is 0 Å². The van der Waals surface area contributed by atoms with Crippen molar-refractivity contribution in [3.05, 3.63) is 0 Å². The third-order valence-corrected chi connectivity index (χ3v) is 0.696. The summed E-state index contributed by atoms with van der Waals surface area (Å²) < 4.78 is -0.796. The van der Waals surface area contributed by atoms with Crippen LogP contribution in [0, 0.1) is 0 Å². The third-order valence-electron chi connectivity index (χ3n) is 0.501. The van der Waals surface area contributed by atoms with Gasteiger partial charge in [-0.15, -0.1) is 0 Å². The van der Waals surface area contributed by atoms with E-state index in [0.29, 0.717) is 0 Å². The van der Waals surface area contributed by atoms with Crippen molar-refractivity contribution in [2.45, 2.75) is 18.2 Å². The van der Waals surface area contributed by atoms with Gasteiger partial charge in [0.05, 0.1) is 0 Å². The first-order valence-corrected chi connectivity index (χ1v) is 3.20. The molecule has 0 unspecified atom stereocenters. The molecule has 0 aromatic carbocycles. The topological polar surface area (TPSA) is 12.4 Å². The molecule has 0 spiro atoms. The van der Waals surface area contributed by atoms with Gasteiger partial charge in [0.25, 0.3) is 0 Å². The highest BCUT2D eigenvalue weighted by Crippen LogP contribution is 2.15. The van der Waals surface area contributed by atoms with Crippen LogP contribution >= 0.6 is 23.2 Å². The summed E-state index contributed by atoms with van der Waals surface area (Å²) in [5, 5.41) is 0. The molecule has 0 aromatic heterocycles. The largest absolute Gasteiger partial charge is 0.295 e. The van der Waals surface area contributed by atoms with E-state index in [0.717, 1.165) is 6.54 Å². The molecule has 0 aromatic rings. The van der Waals surface area contributed by atoms with E-state index in [-0.39, 0.29) is 0 Å². The van der Waals surface area contributed by atoms with Gasteiger partial charge in [0, 0.05) is 12.8 Å². The fourth-order valence-corrected chi connectivity index (χ4v) is 0.390. The second-order valence-electron chi connectivity index (χ2n) is 1.58. The lowest BCUT2D eigenvalue weighted by Crippen LogP contribution is -2.07. The van der Waals surface area contributed by atoms with E-state index in [9.17, 15) is 0 Å². The maximum atomic E-state index is 5.53. The van der Waals surface area contributed by atoms with E-state index in [2.05, 4.69) is 4.99 Å². The van der Waals surface area contributed by atoms with Crippen LogP contribution in [0.25, 0.3) is 0 Å². The Hall–Kier alpha value is 0.250. The Labute approximate surface area is 59.7 Å². The van der Waals surface area contributed by atoms with Crippen molar-refractivity contribution in [1.82, 2.24) is 0 Å². The Balaban J connectivity index is 3.52. The monoisotopic (exact) mass is 153 g/mol. The first kappa shape index (κ1) is 8.25. The summed E-state index contributed by atoms with van der Waals surface area (Å²) >= 11 is 11.1. The number of aliphatic imine (C=N–C) groups is 1.